The van der Waals surface area contributed by atoms with E-state index in [9.17, 15) is 30.0 Å². The minimum atomic E-state index is -0.893. The van der Waals surface area contributed by atoms with E-state index >= 15 is 0 Å². The molecule has 4 N–H and O–H groups in total. The van der Waals surface area contributed by atoms with Crippen LogP contribution >= 0.6 is 0 Å². The predicted molar refractivity (Wildman–Crippen MR) is 94.9 cm³/mol. The first-order valence-corrected chi connectivity index (χ1v) is 8.78. The summed E-state index contributed by atoms with van der Waals surface area (Å²) in [4.78, 5) is 25.3. The molecule has 4 rings (SSSR count). The molecule has 0 amide bonds. The zero-order chi connectivity index (χ0) is 19.8. The standard InChI is InChI=1S/C20H20O7/c1-7(6-21)10-14(22)11-13(17(25)15(10)23)20(3)5-4-9-8(2)19(26)27-18(12(9)20)16(11)24/h7,21-23,25H,4-6H2,1-3H3. The summed E-state index contributed by atoms with van der Waals surface area (Å²) < 4.78 is 5.30. The van der Waals surface area contributed by atoms with Crippen molar-refractivity contribution in [2.75, 3.05) is 6.61 Å². The summed E-state index contributed by atoms with van der Waals surface area (Å²) >= 11 is 0. The molecule has 1 heterocycles. The summed E-state index contributed by atoms with van der Waals surface area (Å²) in [7, 11) is 0. The van der Waals surface area contributed by atoms with Crippen LogP contribution in [-0.4, -0.2) is 32.8 Å². The van der Waals surface area contributed by atoms with Gasteiger partial charge in [0.05, 0.1) is 5.56 Å². The fourth-order valence-corrected chi connectivity index (χ4v) is 4.63. The van der Waals surface area contributed by atoms with E-state index in [-0.39, 0.29) is 22.5 Å². The van der Waals surface area contributed by atoms with Gasteiger partial charge in [0.2, 0.25) is 5.78 Å². The van der Waals surface area contributed by atoms with Gasteiger partial charge in [0.15, 0.2) is 17.3 Å². The topological polar surface area (TPSA) is 128 Å². The fraction of sp³-hybridized carbons (Fsp3) is 0.400. The van der Waals surface area contributed by atoms with E-state index in [1.54, 1.807) is 20.8 Å². The van der Waals surface area contributed by atoms with Crippen LogP contribution in [0.5, 0.6) is 17.2 Å². The van der Waals surface area contributed by atoms with Crippen LogP contribution in [-0.2, 0) is 11.8 Å². The number of phenols is 3. The second-order valence-corrected chi connectivity index (χ2v) is 7.65. The molecular weight excluding hydrogens is 352 g/mol. The van der Waals surface area contributed by atoms with Crippen molar-refractivity contribution in [1.29, 1.82) is 0 Å². The maximum Gasteiger partial charge on any atom is 0.339 e. The lowest BCUT2D eigenvalue weighted by Gasteiger charge is -2.35. The Morgan fingerprint density at radius 3 is 2.41 bits per heavy atom. The molecule has 0 bridgehead atoms. The lowest BCUT2D eigenvalue weighted by molar-refractivity contribution is 0.0989. The van der Waals surface area contributed by atoms with E-state index in [2.05, 4.69) is 0 Å². The van der Waals surface area contributed by atoms with Gasteiger partial charge in [-0.15, -0.1) is 0 Å². The third-order valence-electron chi connectivity index (χ3n) is 6.12. The SMILES string of the molecule is Cc1c2c3c(oc1=O)C(=O)c1c(O)c(C(C)CO)c(O)c(O)c1C3(C)CC2. The van der Waals surface area contributed by atoms with E-state index in [1.165, 1.54) is 0 Å². The number of hydrogen-bond donors (Lipinski definition) is 4. The largest absolute Gasteiger partial charge is 0.507 e. The molecule has 1 aromatic heterocycles. The highest BCUT2D eigenvalue weighted by Crippen LogP contribution is 2.58. The van der Waals surface area contributed by atoms with E-state index < -0.39 is 46.6 Å². The quantitative estimate of drug-likeness (QED) is 0.468. The highest BCUT2D eigenvalue weighted by molar-refractivity contribution is 6.14. The Kier molecular flexibility index (Phi) is 3.49. The molecular formula is C20H20O7. The molecule has 2 atom stereocenters. The zero-order valence-electron chi connectivity index (χ0n) is 15.2. The van der Waals surface area contributed by atoms with Crippen LogP contribution in [0.15, 0.2) is 9.21 Å². The number of fused-ring (bicyclic) bond motifs is 2. The molecule has 0 saturated heterocycles. The minimum Gasteiger partial charge on any atom is -0.507 e. The summed E-state index contributed by atoms with van der Waals surface area (Å²) in [5.74, 6) is -3.10. The molecule has 142 valence electrons. The Morgan fingerprint density at radius 2 is 1.78 bits per heavy atom. The molecule has 0 spiro atoms. The maximum absolute atomic E-state index is 13.1. The lowest BCUT2D eigenvalue weighted by Crippen LogP contribution is -2.33. The van der Waals surface area contributed by atoms with Gasteiger partial charge in [0.25, 0.3) is 0 Å². The van der Waals surface area contributed by atoms with Gasteiger partial charge in [0.1, 0.15) is 5.75 Å². The van der Waals surface area contributed by atoms with E-state index in [4.69, 9.17) is 4.42 Å². The third kappa shape index (κ3) is 1.95. The molecule has 2 aliphatic carbocycles. The van der Waals surface area contributed by atoms with Crippen molar-refractivity contribution in [1.82, 2.24) is 0 Å². The van der Waals surface area contributed by atoms with Crippen molar-refractivity contribution < 1.29 is 29.6 Å². The molecule has 1 aromatic carbocycles. The second kappa shape index (κ2) is 5.36. The molecule has 0 aliphatic heterocycles. The van der Waals surface area contributed by atoms with Crippen LogP contribution in [0.3, 0.4) is 0 Å². The van der Waals surface area contributed by atoms with Gasteiger partial charge in [-0.1, -0.05) is 13.8 Å². The molecule has 0 saturated carbocycles. The second-order valence-electron chi connectivity index (χ2n) is 7.65. The molecule has 2 aromatic rings. The smallest absolute Gasteiger partial charge is 0.339 e. The van der Waals surface area contributed by atoms with Gasteiger partial charge in [0, 0.05) is 40.2 Å². The van der Waals surface area contributed by atoms with Gasteiger partial charge in [-0.05, 0) is 25.3 Å². The van der Waals surface area contributed by atoms with Crippen molar-refractivity contribution in [3.8, 4) is 17.2 Å². The Labute approximate surface area is 154 Å². The molecule has 7 heteroatoms. The van der Waals surface area contributed by atoms with Crippen LogP contribution in [0.25, 0.3) is 0 Å². The van der Waals surface area contributed by atoms with Crippen LogP contribution in [0.1, 0.15) is 70.1 Å². The van der Waals surface area contributed by atoms with Crippen LogP contribution in [0, 0.1) is 6.92 Å². The van der Waals surface area contributed by atoms with E-state index in [0.29, 0.717) is 29.5 Å². The lowest BCUT2D eigenvalue weighted by atomic mass is 9.68. The number of hydrogen-bond acceptors (Lipinski definition) is 7. The normalized spacial score (nSPS) is 21.1. The number of aromatic hydroxyl groups is 3. The number of rotatable bonds is 2. The number of ketones is 1. The number of carbonyl (C=O) groups excluding carboxylic acids is 1. The molecule has 7 nitrogen and oxygen atoms in total. The van der Waals surface area contributed by atoms with Gasteiger partial charge in [-0.25, -0.2) is 4.79 Å². The summed E-state index contributed by atoms with van der Waals surface area (Å²) in [6.45, 7) is 4.56. The van der Waals surface area contributed by atoms with Gasteiger partial charge >= 0.3 is 5.63 Å². The van der Waals surface area contributed by atoms with E-state index in [1.807, 2.05) is 0 Å². The summed E-state index contributed by atoms with van der Waals surface area (Å²) in [6, 6.07) is 0. The first-order chi connectivity index (χ1) is 12.6. The van der Waals surface area contributed by atoms with Gasteiger partial charge in [-0.2, -0.15) is 0 Å². The summed E-state index contributed by atoms with van der Waals surface area (Å²) in [6.07, 6.45) is 0.996. The Morgan fingerprint density at radius 1 is 1.11 bits per heavy atom. The Bertz CT molecular complexity index is 1080. The first-order valence-electron chi connectivity index (χ1n) is 8.78. The highest BCUT2D eigenvalue weighted by Gasteiger charge is 2.51. The minimum absolute atomic E-state index is 0.109. The number of aliphatic hydroxyl groups excluding tert-OH is 1. The van der Waals surface area contributed by atoms with Crippen LogP contribution in [0.2, 0.25) is 0 Å². The van der Waals surface area contributed by atoms with Crippen molar-refractivity contribution >= 4 is 5.78 Å². The molecule has 2 aliphatic rings. The van der Waals surface area contributed by atoms with Gasteiger partial charge in [-0.3, -0.25) is 4.79 Å². The fourth-order valence-electron chi connectivity index (χ4n) is 4.63. The van der Waals surface area contributed by atoms with Gasteiger partial charge < -0.3 is 24.8 Å². The van der Waals surface area contributed by atoms with Crippen LogP contribution < -0.4 is 5.63 Å². The average Bonchev–Trinajstić information content (AvgIpc) is 2.98. The average molecular weight is 372 g/mol. The van der Waals surface area contributed by atoms with Crippen molar-refractivity contribution in [3.63, 3.8) is 0 Å². The molecule has 0 fully saturated rings. The monoisotopic (exact) mass is 372 g/mol. The first kappa shape index (κ1) is 17.6. The van der Waals surface area contributed by atoms with Crippen LogP contribution in [0.4, 0.5) is 0 Å². The number of benzene rings is 1. The van der Waals surface area contributed by atoms with Crippen molar-refractivity contribution in [2.45, 2.75) is 44.9 Å². The van der Waals surface area contributed by atoms with Crippen molar-refractivity contribution in [3.05, 3.63) is 49.6 Å². The number of carbonyl (C=O) groups is 1. The number of aliphatic hydroxyl groups is 1. The third-order valence-corrected chi connectivity index (χ3v) is 6.12. The zero-order valence-corrected chi connectivity index (χ0v) is 15.2. The summed E-state index contributed by atoms with van der Waals surface area (Å²) in [5.41, 5.74) is 0.0234. The Hall–Kier alpha value is -2.80. The van der Waals surface area contributed by atoms with E-state index in [0.717, 1.165) is 0 Å². The number of phenolic OH excluding ortho intramolecular Hbond substituents is 3. The molecule has 0 radical (unpaired) electrons. The Balaban J connectivity index is 2.16. The summed E-state index contributed by atoms with van der Waals surface area (Å²) in [5, 5.41) is 41.5. The highest BCUT2D eigenvalue weighted by atomic mass is 16.4. The molecule has 27 heavy (non-hydrogen) atoms. The molecule has 2 unspecified atom stereocenters. The maximum atomic E-state index is 13.1. The predicted octanol–water partition coefficient (Wildman–Crippen LogP) is 1.96. The van der Waals surface area contributed by atoms with Crippen molar-refractivity contribution in [2.24, 2.45) is 0 Å².